The quantitative estimate of drug-likeness (QED) is 0.507. The Labute approximate surface area is 49.6 Å². The van der Waals surface area contributed by atoms with Gasteiger partial charge in [-0.2, -0.15) is 5.26 Å². The molecule has 0 bridgehead atoms. The highest BCUT2D eigenvalue weighted by Crippen LogP contribution is 1.89. The lowest BCUT2D eigenvalue weighted by Gasteiger charge is -1.91. The number of rotatable bonds is 1. The fraction of sp³-hybridized carbons (Fsp3) is 0.500. The van der Waals surface area contributed by atoms with Crippen molar-refractivity contribution in [1.82, 2.24) is 0 Å². The number of hydrogen-bond acceptors (Lipinski definition) is 2. The second-order valence-corrected chi connectivity index (χ2v) is 1.90. The Bertz CT molecular complexity index is 126. The van der Waals surface area contributed by atoms with E-state index in [9.17, 15) is 0 Å². The van der Waals surface area contributed by atoms with Gasteiger partial charge in [0.15, 0.2) is 0 Å². The summed E-state index contributed by atoms with van der Waals surface area (Å²) in [6, 6.07) is 1.47. The highest BCUT2D eigenvalue weighted by Gasteiger charge is 1.89. The Hall–Kier alpha value is -0.810. The molecule has 0 rings (SSSR count). The molecule has 0 amide bonds. The van der Waals surface area contributed by atoms with Crippen LogP contribution in [0.3, 0.4) is 0 Å². The first-order valence-corrected chi connectivity index (χ1v) is 2.47. The molecule has 0 spiro atoms. The van der Waals surface area contributed by atoms with Gasteiger partial charge in [-0.25, -0.2) is 0 Å². The van der Waals surface area contributed by atoms with Crippen molar-refractivity contribution in [2.45, 2.75) is 19.9 Å². The maximum Gasteiger partial charge on any atom is 0.112 e. The minimum absolute atomic E-state index is 0.431. The molecule has 0 aromatic heterocycles. The molecule has 0 heterocycles. The van der Waals surface area contributed by atoms with Gasteiger partial charge in [-0.15, -0.1) is 0 Å². The molecular formula is C6H10N2. The smallest absolute Gasteiger partial charge is 0.112 e. The molecule has 2 heteroatoms. The van der Waals surface area contributed by atoms with E-state index in [-0.39, 0.29) is 0 Å². The summed E-state index contributed by atoms with van der Waals surface area (Å²) in [5, 5.41) is 8.16. The Balaban J connectivity index is 3.74. The van der Waals surface area contributed by atoms with Crippen LogP contribution in [0.2, 0.25) is 0 Å². The zero-order valence-corrected chi connectivity index (χ0v) is 5.18. The van der Waals surface area contributed by atoms with Gasteiger partial charge in [-0.1, -0.05) is 11.6 Å². The van der Waals surface area contributed by atoms with Crippen molar-refractivity contribution in [3.8, 4) is 6.07 Å². The van der Waals surface area contributed by atoms with E-state index in [1.54, 1.807) is 6.08 Å². The van der Waals surface area contributed by atoms with Crippen molar-refractivity contribution in [2.24, 2.45) is 5.73 Å². The average Bonchev–Trinajstić information content (AvgIpc) is 1.65. The number of nitrogens with zero attached hydrogens (tertiary/aromatic N) is 1. The molecule has 1 atom stereocenters. The normalized spacial score (nSPS) is 11.8. The first-order chi connectivity index (χ1) is 3.66. The maximum absolute atomic E-state index is 8.16. The Morgan fingerprint density at radius 3 is 2.38 bits per heavy atom. The Kier molecular flexibility index (Phi) is 2.90. The van der Waals surface area contributed by atoms with Gasteiger partial charge >= 0.3 is 0 Å². The number of nitrogens with two attached hydrogens (primary N) is 1. The monoisotopic (exact) mass is 110 g/mol. The van der Waals surface area contributed by atoms with Crippen LogP contribution in [0.25, 0.3) is 0 Å². The summed E-state index contributed by atoms with van der Waals surface area (Å²) in [5.74, 6) is 0. The number of hydrogen-bond donors (Lipinski definition) is 1. The molecule has 0 aliphatic heterocycles. The fourth-order valence-electron chi connectivity index (χ4n) is 0.396. The lowest BCUT2D eigenvalue weighted by Crippen LogP contribution is -2.13. The van der Waals surface area contributed by atoms with E-state index >= 15 is 0 Å². The molecule has 0 radical (unpaired) electrons. The predicted molar refractivity (Wildman–Crippen MR) is 33.0 cm³/mol. The first-order valence-electron chi connectivity index (χ1n) is 2.47. The molecule has 44 valence electrons. The van der Waals surface area contributed by atoms with E-state index < -0.39 is 6.04 Å². The summed E-state index contributed by atoms with van der Waals surface area (Å²) in [6.07, 6.45) is 1.72. The lowest BCUT2D eigenvalue weighted by atomic mass is 10.2. The molecule has 2 N–H and O–H groups in total. The average molecular weight is 110 g/mol. The van der Waals surface area contributed by atoms with Crippen LogP contribution in [0, 0.1) is 11.3 Å². The SMILES string of the molecule is CC(C)=CC(N)C#N. The van der Waals surface area contributed by atoms with Gasteiger partial charge in [-0.3, -0.25) is 0 Å². The van der Waals surface area contributed by atoms with E-state index in [1.165, 1.54) is 0 Å². The maximum atomic E-state index is 8.16. The third-order valence-electron chi connectivity index (χ3n) is 0.662. The topological polar surface area (TPSA) is 49.8 Å². The van der Waals surface area contributed by atoms with Crippen LogP contribution in [0.4, 0.5) is 0 Å². The van der Waals surface area contributed by atoms with Crippen LogP contribution >= 0.6 is 0 Å². The highest BCUT2D eigenvalue weighted by atomic mass is 14.6. The van der Waals surface area contributed by atoms with Gasteiger partial charge in [0, 0.05) is 0 Å². The second-order valence-electron chi connectivity index (χ2n) is 1.90. The van der Waals surface area contributed by atoms with Crippen molar-refractivity contribution in [1.29, 1.82) is 5.26 Å². The van der Waals surface area contributed by atoms with Gasteiger partial charge in [0.05, 0.1) is 6.07 Å². The third kappa shape index (κ3) is 3.38. The summed E-state index contributed by atoms with van der Waals surface area (Å²) in [7, 11) is 0. The molecule has 0 aliphatic rings. The van der Waals surface area contributed by atoms with Gasteiger partial charge in [-0.05, 0) is 13.8 Å². The second kappa shape index (κ2) is 3.23. The molecule has 0 saturated heterocycles. The van der Waals surface area contributed by atoms with Crippen molar-refractivity contribution >= 4 is 0 Å². The summed E-state index contributed by atoms with van der Waals surface area (Å²) >= 11 is 0. The van der Waals surface area contributed by atoms with Crippen molar-refractivity contribution in [2.75, 3.05) is 0 Å². The van der Waals surface area contributed by atoms with Gasteiger partial charge in [0.25, 0.3) is 0 Å². The van der Waals surface area contributed by atoms with Gasteiger partial charge < -0.3 is 5.73 Å². The van der Waals surface area contributed by atoms with E-state index in [0.717, 1.165) is 5.57 Å². The summed E-state index contributed by atoms with van der Waals surface area (Å²) in [6.45, 7) is 3.83. The molecular weight excluding hydrogens is 100 g/mol. The van der Waals surface area contributed by atoms with Crippen LogP contribution in [-0.4, -0.2) is 6.04 Å². The van der Waals surface area contributed by atoms with Crippen LogP contribution in [0.5, 0.6) is 0 Å². The largest absolute Gasteiger partial charge is 0.313 e. The molecule has 0 saturated carbocycles. The molecule has 2 nitrogen and oxygen atoms in total. The highest BCUT2D eigenvalue weighted by molar-refractivity contribution is 5.08. The minimum atomic E-state index is -0.431. The lowest BCUT2D eigenvalue weighted by molar-refractivity contribution is 1.02. The Morgan fingerprint density at radius 1 is 1.75 bits per heavy atom. The van der Waals surface area contributed by atoms with Crippen molar-refractivity contribution < 1.29 is 0 Å². The summed E-state index contributed by atoms with van der Waals surface area (Å²) < 4.78 is 0. The van der Waals surface area contributed by atoms with E-state index in [0.29, 0.717) is 0 Å². The predicted octanol–water partition coefficient (Wildman–Crippen LogP) is 0.803. The number of allylic oxidation sites excluding steroid dienone is 1. The molecule has 0 aromatic carbocycles. The summed E-state index contributed by atoms with van der Waals surface area (Å²) in [5.41, 5.74) is 6.32. The zero-order valence-electron chi connectivity index (χ0n) is 5.18. The number of nitriles is 1. The van der Waals surface area contributed by atoms with Crippen LogP contribution in [0.15, 0.2) is 11.6 Å². The third-order valence-corrected chi connectivity index (χ3v) is 0.662. The molecule has 0 aliphatic carbocycles. The van der Waals surface area contributed by atoms with Crippen molar-refractivity contribution in [3.63, 3.8) is 0 Å². The molecule has 8 heavy (non-hydrogen) atoms. The fourth-order valence-corrected chi connectivity index (χ4v) is 0.396. The molecule has 0 aromatic rings. The van der Waals surface area contributed by atoms with Crippen LogP contribution in [-0.2, 0) is 0 Å². The zero-order chi connectivity index (χ0) is 6.57. The van der Waals surface area contributed by atoms with Crippen LogP contribution < -0.4 is 5.73 Å². The van der Waals surface area contributed by atoms with Gasteiger partial charge in [0.2, 0.25) is 0 Å². The Morgan fingerprint density at radius 2 is 2.25 bits per heavy atom. The first kappa shape index (κ1) is 7.19. The van der Waals surface area contributed by atoms with Crippen molar-refractivity contribution in [3.05, 3.63) is 11.6 Å². The van der Waals surface area contributed by atoms with E-state index in [2.05, 4.69) is 0 Å². The minimum Gasteiger partial charge on any atom is -0.313 e. The van der Waals surface area contributed by atoms with E-state index in [4.69, 9.17) is 11.0 Å². The summed E-state index contributed by atoms with van der Waals surface area (Å²) in [4.78, 5) is 0. The molecule has 1 unspecified atom stereocenters. The van der Waals surface area contributed by atoms with Crippen LogP contribution in [0.1, 0.15) is 13.8 Å². The molecule has 0 fully saturated rings. The van der Waals surface area contributed by atoms with E-state index in [1.807, 2.05) is 19.9 Å². The standard InChI is InChI=1S/C6H10N2/c1-5(2)3-6(8)4-7/h3,6H,8H2,1-2H3. The van der Waals surface area contributed by atoms with Gasteiger partial charge in [0.1, 0.15) is 6.04 Å².